The first-order chi connectivity index (χ1) is 8.20. The number of hydrogen-bond donors (Lipinski definition) is 1. The summed E-state index contributed by atoms with van der Waals surface area (Å²) in [7, 11) is 0. The van der Waals surface area contributed by atoms with Crippen LogP contribution in [0.25, 0.3) is 0 Å². The summed E-state index contributed by atoms with van der Waals surface area (Å²) < 4.78 is 0. The molecular formula is C13H22N4. The molecule has 1 atom stereocenters. The van der Waals surface area contributed by atoms with Gasteiger partial charge in [0.25, 0.3) is 0 Å². The maximum atomic E-state index is 5.68. The first-order valence-corrected chi connectivity index (χ1v) is 6.54. The number of nitrogens with two attached hydrogens (primary N) is 1. The van der Waals surface area contributed by atoms with Gasteiger partial charge in [0.1, 0.15) is 5.82 Å². The van der Waals surface area contributed by atoms with Gasteiger partial charge >= 0.3 is 0 Å². The molecule has 1 aliphatic heterocycles. The van der Waals surface area contributed by atoms with E-state index in [2.05, 4.69) is 28.7 Å². The van der Waals surface area contributed by atoms with E-state index in [1.165, 1.54) is 25.7 Å². The molecule has 94 valence electrons. The SMILES string of the molecule is CCC1CCCN(c2nc(N)ncc2C)CC1. The topological polar surface area (TPSA) is 55.0 Å². The Bertz CT molecular complexity index is 378. The standard InChI is InChI=1S/C13H22N4/c1-3-11-5-4-7-17(8-6-11)12-10(2)9-15-13(14)16-12/h9,11H,3-8H2,1-2H3,(H2,14,15,16). The van der Waals surface area contributed by atoms with Crippen molar-refractivity contribution in [3.05, 3.63) is 11.8 Å². The molecule has 17 heavy (non-hydrogen) atoms. The molecule has 1 fully saturated rings. The highest BCUT2D eigenvalue weighted by atomic mass is 15.2. The third-order valence-electron chi connectivity index (χ3n) is 3.69. The Morgan fingerprint density at radius 1 is 1.41 bits per heavy atom. The fraction of sp³-hybridized carbons (Fsp3) is 0.692. The van der Waals surface area contributed by atoms with E-state index >= 15 is 0 Å². The zero-order valence-corrected chi connectivity index (χ0v) is 10.8. The van der Waals surface area contributed by atoms with Crippen LogP contribution < -0.4 is 10.6 Å². The minimum atomic E-state index is 0.377. The molecular weight excluding hydrogens is 212 g/mol. The van der Waals surface area contributed by atoms with Crippen molar-refractivity contribution in [2.45, 2.75) is 39.5 Å². The van der Waals surface area contributed by atoms with Gasteiger partial charge in [0.2, 0.25) is 5.95 Å². The summed E-state index contributed by atoms with van der Waals surface area (Å²) in [5, 5.41) is 0. The molecule has 1 unspecified atom stereocenters. The van der Waals surface area contributed by atoms with Gasteiger partial charge < -0.3 is 10.6 Å². The number of rotatable bonds is 2. The Balaban J connectivity index is 2.13. The Kier molecular flexibility index (Phi) is 3.82. The predicted molar refractivity (Wildman–Crippen MR) is 71.0 cm³/mol. The first kappa shape index (κ1) is 12.1. The van der Waals surface area contributed by atoms with Crippen molar-refractivity contribution in [1.29, 1.82) is 0 Å². The van der Waals surface area contributed by atoms with E-state index in [1.54, 1.807) is 0 Å². The molecule has 0 radical (unpaired) electrons. The van der Waals surface area contributed by atoms with Crippen molar-refractivity contribution in [1.82, 2.24) is 9.97 Å². The molecule has 1 aromatic heterocycles. The van der Waals surface area contributed by atoms with E-state index in [0.29, 0.717) is 5.95 Å². The van der Waals surface area contributed by atoms with E-state index in [1.807, 2.05) is 6.20 Å². The minimum absolute atomic E-state index is 0.377. The third-order valence-corrected chi connectivity index (χ3v) is 3.69. The fourth-order valence-corrected chi connectivity index (χ4v) is 2.55. The lowest BCUT2D eigenvalue weighted by Gasteiger charge is -2.23. The van der Waals surface area contributed by atoms with Gasteiger partial charge in [-0.15, -0.1) is 0 Å². The molecule has 0 bridgehead atoms. The van der Waals surface area contributed by atoms with E-state index in [0.717, 1.165) is 30.4 Å². The van der Waals surface area contributed by atoms with Gasteiger partial charge in [-0.1, -0.05) is 13.3 Å². The van der Waals surface area contributed by atoms with Crippen molar-refractivity contribution in [2.75, 3.05) is 23.7 Å². The molecule has 4 heteroatoms. The summed E-state index contributed by atoms with van der Waals surface area (Å²) in [6.45, 7) is 6.52. The van der Waals surface area contributed by atoms with Crippen molar-refractivity contribution >= 4 is 11.8 Å². The summed E-state index contributed by atoms with van der Waals surface area (Å²) in [5.41, 5.74) is 6.80. The molecule has 1 saturated heterocycles. The molecule has 0 amide bonds. The normalized spacial score (nSPS) is 21.3. The quantitative estimate of drug-likeness (QED) is 0.853. The maximum Gasteiger partial charge on any atom is 0.221 e. The van der Waals surface area contributed by atoms with Crippen LogP contribution in [0.3, 0.4) is 0 Å². The zero-order chi connectivity index (χ0) is 12.3. The van der Waals surface area contributed by atoms with Crippen LogP contribution in [0.2, 0.25) is 0 Å². The highest BCUT2D eigenvalue weighted by Crippen LogP contribution is 2.25. The second-order valence-electron chi connectivity index (χ2n) is 4.93. The van der Waals surface area contributed by atoms with Gasteiger partial charge in [-0.25, -0.2) is 4.98 Å². The number of aromatic nitrogens is 2. The number of nitrogen functional groups attached to an aromatic ring is 1. The molecule has 0 aromatic carbocycles. The van der Waals surface area contributed by atoms with Gasteiger partial charge in [0, 0.05) is 24.8 Å². The lowest BCUT2D eigenvalue weighted by atomic mass is 9.98. The highest BCUT2D eigenvalue weighted by Gasteiger charge is 2.18. The summed E-state index contributed by atoms with van der Waals surface area (Å²) in [6, 6.07) is 0. The summed E-state index contributed by atoms with van der Waals surface area (Å²) in [5.74, 6) is 2.27. The van der Waals surface area contributed by atoms with Gasteiger partial charge in [-0.3, -0.25) is 0 Å². The van der Waals surface area contributed by atoms with Crippen LogP contribution in [-0.2, 0) is 0 Å². The average molecular weight is 234 g/mol. The number of aryl methyl sites for hydroxylation is 1. The lowest BCUT2D eigenvalue weighted by molar-refractivity contribution is 0.459. The largest absolute Gasteiger partial charge is 0.368 e. The third kappa shape index (κ3) is 2.87. The zero-order valence-electron chi connectivity index (χ0n) is 10.8. The average Bonchev–Trinajstić information content (AvgIpc) is 2.57. The Morgan fingerprint density at radius 2 is 2.24 bits per heavy atom. The van der Waals surface area contributed by atoms with E-state index < -0.39 is 0 Å². The van der Waals surface area contributed by atoms with Gasteiger partial charge in [-0.2, -0.15) is 4.98 Å². The van der Waals surface area contributed by atoms with Crippen LogP contribution >= 0.6 is 0 Å². The van der Waals surface area contributed by atoms with Crippen molar-refractivity contribution in [3.63, 3.8) is 0 Å². The second-order valence-corrected chi connectivity index (χ2v) is 4.93. The lowest BCUT2D eigenvalue weighted by Crippen LogP contribution is -2.26. The van der Waals surface area contributed by atoms with Crippen molar-refractivity contribution in [2.24, 2.45) is 5.92 Å². The first-order valence-electron chi connectivity index (χ1n) is 6.54. The fourth-order valence-electron chi connectivity index (χ4n) is 2.55. The van der Waals surface area contributed by atoms with Crippen LogP contribution in [0.5, 0.6) is 0 Å². The van der Waals surface area contributed by atoms with Crippen LogP contribution in [-0.4, -0.2) is 23.1 Å². The molecule has 1 aliphatic rings. The highest BCUT2D eigenvalue weighted by molar-refractivity contribution is 5.47. The van der Waals surface area contributed by atoms with Gasteiger partial charge in [-0.05, 0) is 32.1 Å². The number of hydrogen-bond acceptors (Lipinski definition) is 4. The summed E-state index contributed by atoms with van der Waals surface area (Å²) in [6.07, 6.45) is 6.97. The molecule has 2 N–H and O–H groups in total. The van der Waals surface area contributed by atoms with E-state index in [4.69, 9.17) is 5.73 Å². The van der Waals surface area contributed by atoms with Crippen LogP contribution in [0, 0.1) is 12.8 Å². The molecule has 1 aromatic rings. The van der Waals surface area contributed by atoms with Gasteiger partial charge in [0.15, 0.2) is 0 Å². The second kappa shape index (κ2) is 5.34. The predicted octanol–water partition coefficient (Wildman–Crippen LogP) is 2.38. The molecule has 2 rings (SSSR count). The van der Waals surface area contributed by atoms with Crippen LogP contribution in [0.1, 0.15) is 38.2 Å². The van der Waals surface area contributed by atoms with Crippen molar-refractivity contribution in [3.8, 4) is 0 Å². The van der Waals surface area contributed by atoms with Gasteiger partial charge in [0.05, 0.1) is 0 Å². The smallest absolute Gasteiger partial charge is 0.221 e. The maximum absolute atomic E-state index is 5.68. The molecule has 0 aliphatic carbocycles. The molecule has 0 spiro atoms. The number of anilines is 2. The molecule has 0 saturated carbocycles. The monoisotopic (exact) mass is 234 g/mol. The van der Waals surface area contributed by atoms with E-state index in [9.17, 15) is 0 Å². The van der Waals surface area contributed by atoms with Crippen LogP contribution in [0.15, 0.2) is 6.20 Å². The summed E-state index contributed by atoms with van der Waals surface area (Å²) in [4.78, 5) is 10.8. The summed E-state index contributed by atoms with van der Waals surface area (Å²) >= 11 is 0. The van der Waals surface area contributed by atoms with E-state index in [-0.39, 0.29) is 0 Å². The minimum Gasteiger partial charge on any atom is -0.368 e. The molecule has 2 heterocycles. The molecule has 4 nitrogen and oxygen atoms in total. The Morgan fingerprint density at radius 3 is 3.00 bits per heavy atom. The number of nitrogens with zero attached hydrogens (tertiary/aromatic N) is 3. The Hall–Kier alpha value is -1.32. The Labute approximate surface area is 103 Å². The van der Waals surface area contributed by atoms with Crippen molar-refractivity contribution < 1.29 is 0 Å². The van der Waals surface area contributed by atoms with Crippen LogP contribution in [0.4, 0.5) is 11.8 Å².